The quantitative estimate of drug-likeness (QED) is 0.641. The van der Waals surface area contributed by atoms with Crippen molar-refractivity contribution in [3.8, 4) is 0 Å². The summed E-state index contributed by atoms with van der Waals surface area (Å²) >= 11 is 0. The van der Waals surface area contributed by atoms with Crippen molar-refractivity contribution in [1.82, 2.24) is 0 Å². The molecule has 0 aliphatic rings. The Labute approximate surface area is 121 Å². The van der Waals surface area contributed by atoms with Gasteiger partial charge in [-0.05, 0) is 36.8 Å². The van der Waals surface area contributed by atoms with Gasteiger partial charge in [0.25, 0.3) is 0 Å². The molecule has 0 aliphatic heterocycles. The first-order valence-electron chi connectivity index (χ1n) is 6.48. The van der Waals surface area contributed by atoms with Gasteiger partial charge in [0.2, 0.25) is 0 Å². The zero-order chi connectivity index (χ0) is 15.4. The number of hydrazone groups is 1. The van der Waals surface area contributed by atoms with Crippen LogP contribution in [0.25, 0.3) is 0 Å². The Morgan fingerprint density at radius 3 is 2.29 bits per heavy atom. The van der Waals surface area contributed by atoms with Crippen LogP contribution in [0.1, 0.15) is 25.3 Å². The smallest absolute Gasteiger partial charge is 0.160 e. The first kappa shape index (κ1) is 15.1. The first-order valence-corrected chi connectivity index (χ1v) is 6.48. The lowest BCUT2D eigenvalue weighted by Gasteiger charge is -2.12. The van der Waals surface area contributed by atoms with Crippen molar-refractivity contribution in [1.29, 1.82) is 0 Å². The molecule has 0 aliphatic carbocycles. The van der Waals surface area contributed by atoms with Crippen LogP contribution in [0.4, 0.5) is 18.9 Å². The highest BCUT2D eigenvalue weighted by molar-refractivity contribution is 5.89. The van der Waals surface area contributed by atoms with Gasteiger partial charge in [0, 0.05) is 17.7 Å². The summed E-state index contributed by atoms with van der Waals surface area (Å²) in [7, 11) is 0. The van der Waals surface area contributed by atoms with Crippen LogP contribution in [0, 0.1) is 17.5 Å². The molecular weight excluding hydrogens is 277 g/mol. The van der Waals surface area contributed by atoms with E-state index in [1.807, 2.05) is 6.92 Å². The maximum Gasteiger partial charge on any atom is 0.160 e. The minimum Gasteiger partial charge on any atom is -0.278 e. The third-order valence-electron chi connectivity index (χ3n) is 3.28. The Balaban J connectivity index is 2.09. The Morgan fingerprint density at radius 1 is 1.00 bits per heavy atom. The van der Waals surface area contributed by atoms with E-state index in [0.717, 1.165) is 23.4 Å². The number of hydrogen-bond acceptors (Lipinski definition) is 2. The van der Waals surface area contributed by atoms with E-state index < -0.39 is 11.6 Å². The molecule has 2 rings (SSSR count). The fourth-order valence-electron chi connectivity index (χ4n) is 1.81. The molecule has 0 saturated carbocycles. The number of hydrogen-bond donors (Lipinski definition) is 1. The summed E-state index contributed by atoms with van der Waals surface area (Å²) in [6.07, 6.45) is 0. The van der Waals surface area contributed by atoms with Gasteiger partial charge in [-0.1, -0.05) is 19.1 Å². The van der Waals surface area contributed by atoms with Gasteiger partial charge in [0.15, 0.2) is 11.6 Å². The standard InChI is InChI=1S/C16H15F3N2/c1-10(12-3-5-13(17)6-4-12)11(2)20-21-14-7-8-15(18)16(19)9-14/h3-10,21H,1-2H3/b20-11+. The van der Waals surface area contributed by atoms with Crippen LogP contribution in [0.2, 0.25) is 0 Å². The molecule has 110 valence electrons. The SMILES string of the molecule is C/C(=N\Nc1ccc(F)c(F)c1)C(C)c1ccc(F)cc1. The number of rotatable bonds is 4. The molecule has 0 aromatic heterocycles. The van der Waals surface area contributed by atoms with E-state index in [-0.39, 0.29) is 11.7 Å². The van der Waals surface area contributed by atoms with Crippen LogP contribution in [0.3, 0.4) is 0 Å². The molecule has 1 atom stereocenters. The normalized spacial score (nSPS) is 13.1. The molecule has 5 heteroatoms. The number of halogens is 3. The number of anilines is 1. The van der Waals surface area contributed by atoms with E-state index in [1.165, 1.54) is 18.2 Å². The fraction of sp³-hybridized carbons (Fsp3) is 0.188. The zero-order valence-corrected chi connectivity index (χ0v) is 11.7. The number of nitrogens with one attached hydrogen (secondary N) is 1. The Morgan fingerprint density at radius 2 is 1.67 bits per heavy atom. The largest absolute Gasteiger partial charge is 0.278 e. The average Bonchev–Trinajstić information content (AvgIpc) is 2.48. The fourth-order valence-corrected chi connectivity index (χ4v) is 1.81. The third kappa shape index (κ3) is 3.84. The summed E-state index contributed by atoms with van der Waals surface area (Å²) in [5.74, 6) is -2.15. The second-order valence-electron chi connectivity index (χ2n) is 4.77. The van der Waals surface area contributed by atoms with Gasteiger partial charge in [0.05, 0.1) is 5.69 Å². The van der Waals surface area contributed by atoms with Crippen LogP contribution < -0.4 is 5.43 Å². The minimum atomic E-state index is -0.931. The van der Waals surface area contributed by atoms with E-state index in [9.17, 15) is 13.2 Å². The van der Waals surface area contributed by atoms with Crippen molar-refractivity contribution < 1.29 is 13.2 Å². The van der Waals surface area contributed by atoms with Crippen LogP contribution in [0.5, 0.6) is 0 Å². The topological polar surface area (TPSA) is 24.4 Å². The van der Waals surface area contributed by atoms with Crippen molar-refractivity contribution >= 4 is 11.4 Å². The lowest BCUT2D eigenvalue weighted by molar-refractivity contribution is 0.509. The van der Waals surface area contributed by atoms with Gasteiger partial charge in [-0.2, -0.15) is 5.10 Å². The molecule has 21 heavy (non-hydrogen) atoms. The third-order valence-corrected chi connectivity index (χ3v) is 3.28. The summed E-state index contributed by atoms with van der Waals surface area (Å²) in [6, 6.07) is 9.63. The molecule has 0 fully saturated rings. The highest BCUT2D eigenvalue weighted by atomic mass is 19.2. The van der Waals surface area contributed by atoms with Gasteiger partial charge in [-0.15, -0.1) is 0 Å². The van der Waals surface area contributed by atoms with Crippen molar-refractivity contribution in [3.05, 3.63) is 65.5 Å². The first-order chi connectivity index (χ1) is 9.97. The molecule has 2 aromatic rings. The predicted octanol–water partition coefficient (Wildman–Crippen LogP) is 4.70. The van der Waals surface area contributed by atoms with Crippen molar-refractivity contribution in [2.24, 2.45) is 5.10 Å². The molecule has 0 amide bonds. The van der Waals surface area contributed by atoms with Gasteiger partial charge < -0.3 is 0 Å². The van der Waals surface area contributed by atoms with Crippen molar-refractivity contribution in [2.75, 3.05) is 5.43 Å². The number of benzene rings is 2. The Kier molecular flexibility index (Phi) is 4.62. The molecule has 0 spiro atoms. The van der Waals surface area contributed by atoms with E-state index in [2.05, 4.69) is 10.5 Å². The molecule has 1 unspecified atom stereocenters. The molecule has 0 radical (unpaired) electrons. The monoisotopic (exact) mass is 292 g/mol. The summed E-state index contributed by atoms with van der Waals surface area (Å²) in [4.78, 5) is 0. The van der Waals surface area contributed by atoms with E-state index in [0.29, 0.717) is 5.69 Å². The lowest BCUT2D eigenvalue weighted by Crippen LogP contribution is -2.08. The minimum absolute atomic E-state index is 0.0246. The number of nitrogens with zero attached hydrogens (tertiary/aromatic N) is 1. The molecule has 1 N–H and O–H groups in total. The van der Waals surface area contributed by atoms with Gasteiger partial charge in [-0.3, -0.25) is 5.43 Å². The average molecular weight is 292 g/mol. The lowest BCUT2D eigenvalue weighted by atomic mass is 9.97. The van der Waals surface area contributed by atoms with Gasteiger partial charge >= 0.3 is 0 Å². The van der Waals surface area contributed by atoms with Crippen molar-refractivity contribution in [3.63, 3.8) is 0 Å². The summed E-state index contributed by atoms with van der Waals surface area (Å²) in [6.45, 7) is 3.74. The van der Waals surface area contributed by atoms with E-state index in [4.69, 9.17) is 0 Å². The highest BCUT2D eigenvalue weighted by Gasteiger charge is 2.09. The molecule has 0 bridgehead atoms. The van der Waals surface area contributed by atoms with Crippen LogP contribution >= 0.6 is 0 Å². The predicted molar refractivity (Wildman–Crippen MR) is 77.9 cm³/mol. The van der Waals surface area contributed by atoms with Crippen LogP contribution in [-0.2, 0) is 0 Å². The molecular formula is C16H15F3N2. The second-order valence-corrected chi connectivity index (χ2v) is 4.77. The Bertz CT molecular complexity index is 651. The summed E-state index contributed by atoms with van der Waals surface area (Å²) in [5.41, 5.74) is 4.71. The second kappa shape index (κ2) is 6.43. The maximum absolute atomic E-state index is 13.1. The van der Waals surface area contributed by atoms with Crippen LogP contribution in [0.15, 0.2) is 47.6 Å². The summed E-state index contributed by atoms with van der Waals surface area (Å²) < 4.78 is 38.8. The Hall–Kier alpha value is -2.30. The molecule has 0 heterocycles. The molecule has 2 aromatic carbocycles. The zero-order valence-electron chi connectivity index (χ0n) is 11.7. The van der Waals surface area contributed by atoms with Gasteiger partial charge in [-0.25, -0.2) is 13.2 Å². The summed E-state index contributed by atoms with van der Waals surface area (Å²) in [5, 5.41) is 4.15. The van der Waals surface area contributed by atoms with E-state index in [1.54, 1.807) is 19.1 Å². The van der Waals surface area contributed by atoms with Gasteiger partial charge in [0.1, 0.15) is 5.82 Å². The van der Waals surface area contributed by atoms with Crippen molar-refractivity contribution in [2.45, 2.75) is 19.8 Å². The maximum atomic E-state index is 13.1. The van der Waals surface area contributed by atoms with E-state index >= 15 is 0 Å². The highest BCUT2D eigenvalue weighted by Crippen LogP contribution is 2.18. The molecule has 2 nitrogen and oxygen atoms in total. The molecule has 0 saturated heterocycles. The van der Waals surface area contributed by atoms with Crippen LogP contribution in [-0.4, -0.2) is 5.71 Å².